The van der Waals surface area contributed by atoms with Crippen molar-refractivity contribution in [2.75, 3.05) is 0 Å². The third kappa shape index (κ3) is 2.84. The number of hydrogen-bond acceptors (Lipinski definition) is 5. The SMILES string of the molecule is O=C1OC(c2ccccc2F)=NC1=Cc1ccccc1[N+](=O)[O-]. The number of nitro groups is 1. The third-order valence-corrected chi connectivity index (χ3v) is 3.15. The van der Waals surface area contributed by atoms with Crippen LogP contribution in [0.2, 0.25) is 0 Å². The summed E-state index contributed by atoms with van der Waals surface area (Å²) in [5, 5.41) is 11.0. The summed E-state index contributed by atoms with van der Waals surface area (Å²) in [6.07, 6.45) is 1.24. The van der Waals surface area contributed by atoms with Gasteiger partial charge in [0.1, 0.15) is 5.82 Å². The minimum atomic E-state index is -0.790. The van der Waals surface area contributed by atoms with Gasteiger partial charge in [-0.3, -0.25) is 10.1 Å². The maximum absolute atomic E-state index is 13.7. The van der Waals surface area contributed by atoms with Crippen molar-refractivity contribution < 1.29 is 18.8 Å². The van der Waals surface area contributed by atoms with Gasteiger partial charge in [0.2, 0.25) is 5.90 Å². The summed E-state index contributed by atoms with van der Waals surface area (Å²) in [5.41, 5.74) is -0.0327. The highest BCUT2D eigenvalue weighted by molar-refractivity contribution is 6.13. The fraction of sp³-hybridized carbons (Fsp3) is 0. The van der Waals surface area contributed by atoms with Crippen molar-refractivity contribution in [1.29, 1.82) is 0 Å². The van der Waals surface area contributed by atoms with Gasteiger partial charge in [-0.05, 0) is 24.3 Å². The zero-order chi connectivity index (χ0) is 16.4. The predicted octanol–water partition coefficient (Wildman–Crippen LogP) is 3.08. The van der Waals surface area contributed by atoms with Crippen LogP contribution >= 0.6 is 0 Å². The standard InChI is InChI=1S/C16H9FN2O4/c17-12-7-3-2-6-11(12)15-18-13(16(20)23-15)9-10-5-1-4-8-14(10)19(21)22/h1-9H. The molecule has 0 spiro atoms. The Kier molecular flexibility index (Phi) is 3.68. The quantitative estimate of drug-likeness (QED) is 0.377. The molecule has 0 aliphatic carbocycles. The predicted molar refractivity (Wildman–Crippen MR) is 80.1 cm³/mol. The molecule has 0 saturated heterocycles. The second-order valence-corrected chi connectivity index (χ2v) is 4.63. The molecule has 114 valence electrons. The van der Waals surface area contributed by atoms with E-state index < -0.39 is 16.7 Å². The zero-order valence-corrected chi connectivity index (χ0v) is 11.6. The Bertz CT molecular complexity index is 874. The maximum Gasteiger partial charge on any atom is 0.363 e. The average molecular weight is 312 g/mol. The number of rotatable bonds is 3. The van der Waals surface area contributed by atoms with Crippen LogP contribution in [0.5, 0.6) is 0 Å². The van der Waals surface area contributed by atoms with Gasteiger partial charge in [0.05, 0.1) is 16.1 Å². The highest BCUT2D eigenvalue weighted by Gasteiger charge is 2.26. The van der Waals surface area contributed by atoms with Gasteiger partial charge in [-0.15, -0.1) is 0 Å². The largest absolute Gasteiger partial charge is 0.402 e. The summed E-state index contributed by atoms with van der Waals surface area (Å²) in [5.74, 6) is -1.54. The molecule has 0 fully saturated rings. The van der Waals surface area contributed by atoms with Gasteiger partial charge in [-0.2, -0.15) is 0 Å². The molecular formula is C16H9FN2O4. The van der Waals surface area contributed by atoms with Crippen LogP contribution in [-0.4, -0.2) is 16.8 Å². The Morgan fingerprint density at radius 1 is 1.13 bits per heavy atom. The molecule has 0 aromatic heterocycles. The summed E-state index contributed by atoms with van der Waals surface area (Å²) in [7, 11) is 0. The third-order valence-electron chi connectivity index (χ3n) is 3.15. The molecule has 1 aliphatic rings. The summed E-state index contributed by atoms with van der Waals surface area (Å²) < 4.78 is 18.7. The molecule has 2 aromatic carbocycles. The summed E-state index contributed by atoms with van der Waals surface area (Å²) in [6, 6.07) is 11.6. The molecule has 7 heteroatoms. The van der Waals surface area contributed by atoms with E-state index >= 15 is 0 Å². The van der Waals surface area contributed by atoms with E-state index in [1.54, 1.807) is 12.1 Å². The molecule has 0 radical (unpaired) electrons. The van der Waals surface area contributed by atoms with Crippen molar-refractivity contribution in [1.82, 2.24) is 0 Å². The number of carbonyl (C=O) groups is 1. The van der Waals surface area contributed by atoms with Crippen LogP contribution in [-0.2, 0) is 9.53 Å². The molecule has 1 aliphatic heterocycles. The molecule has 0 N–H and O–H groups in total. The number of halogens is 1. The smallest absolute Gasteiger partial charge is 0.363 e. The Labute approximate surface area is 129 Å². The first-order valence-corrected chi connectivity index (χ1v) is 6.57. The first kappa shape index (κ1) is 14.6. The highest BCUT2D eigenvalue weighted by Crippen LogP contribution is 2.24. The number of esters is 1. The van der Waals surface area contributed by atoms with Gasteiger partial charge >= 0.3 is 5.97 Å². The van der Waals surface area contributed by atoms with Gasteiger partial charge < -0.3 is 4.74 Å². The maximum atomic E-state index is 13.7. The molecule has 1 heterocycles. The van der Waals surface area contributed by atoms with Gasteiger partial charge in [0, 0.05) is 6.07 Å². The number of para-hydroxylation sites is 1. The molecule has 0 unspecified atom stereocenters. The van der Waals surface area contributed by atoms with E-state index in [9.17, 15) is 19.3 Å². The lowest BCUT2D eigenvalue weighted by Gasteiger charge is -1.99. The average Bonchev–Trinajstić information content (AvgIpc) is 2.89. The molecule has 0 atom stereocenters. The first-order chi connectivity index (χ1) is 11.1. The van der Waals surface area contributed by atoms with E-state index in [4.69, 9.17) is 4.74 Å². The van der Waals surface area contributed by atoms with Gasteiger partial charge in [0.25, 0.3) is 5.69 Å². The number of benzene rings is 2. The van der Waals surface area contributed by atoms with Crippen LogP contribution in [0.15, 0.2) is 59.2 Å². The number of aliphatic imine (C=N–C) groups is 1. The first-order valence-electron chi connectivity index (χ1n) is 6.57. The number of carbonyl (C=O) groups excluding carboxylic acids is 1. The van der Waals surface area contributed by atoms with E-state index in [1.165, 1.54) is 42.5 Å². The van der Waals surface area contributed by atoms with Gasteiger partial charge in [-0.1, -0.05) is 24.3 Å². The Morgan fingerprint density at radius 2 is 1.83 bits per heavy atom. The minimum Gasteiger partial charge on any atom is -0.402 e. The Balaban J connectivity index is 2.03. The molecule has 2 aromatic rings. The highest BCUT2D eigenvalue weighted by atomic mass is 19.1. The number of ether oxygens (including phenoxy) is 1. The summed E-state index contributed by atoms with van der Waals surface area (Å²) in [4.78, 5) is 26.2. The lowest BCUT2D eigenvalue weighted by Crippen LogP contribution is -2.07. The van der Waals surface area contributed by atoms with Crippen LogP contribution in [0.1, 0.15) is 11.1 Å². The van der Waals surface area contributed by atoms with Crippen LogP contribution < -0.4 is 0 Å². The van der Waals surface area contributed by atoms with E-state index in [0.717, 1.165) is 0 Å². The topological polar surface area (TPSA) is 81.8 Å². The number of nitro benzene ring substituents is 1. The monoisotopic (exact) mass is 312 g/mol. The van der Waals surface area contributed by atoms with E-state index in [-0.39, 0.29) is 28.4 Å². The molecule has 6 nitrogen and oxygen atoms in total. The van der Waals surface area contributed by atoms with Gasteiger partial charge in [0.15, 0.2) is 5.70 Å². The van der Waals surface area contributed by atoms with Crippen molar-refractivity contribution in [2.45, 2.75) is 0 Å². The van der Waals surface area contributed by atoms with Crippen molar-refractivity contribution in [3.05, 3.63) is 81.3 Å². The van der Waals surface area contributed by atoms with E-state index in [1.807, 2.05) is 0 Å². The van der Waals surface area contributed by atoms with Gasteiger partial charge in [-0.25, -0.2) is 14.2 Å². The minimum absolute atomic E-state index is 0.0480. The second kappa shape index (κ2) is 5.80. The van der Waals surface area contributed by atoms with Crippen LogP contribution in [0, 0.1) is 15.9 Å². The fourth-order valence-corrected chi connectivity index (χ4v) is 2.08. The molecule has 0 saturated carbocycles. The number of cyclic esters (lactones) is 1. The number of hydrogen-bond donors (Lipinski definition) is 0. The Morgan fingerprint density at radius 3 is 2.57 bits per heavy atom. The van der Waals surface area contributed by atoms with Crippen LogP contribution in [0.4, 0.5) is 10.1 Å². The van der Waals surface area contributed by atoms with Crippen molar-refractivity contribution in [3.8, 4) is 0 Å². The Hall–Kier alpha value is -3.35. The molecule has 0 bridgehead atoms. The molecule has 3 rings (SSSR count). The molecule has 23 heavy (non-hydrogen) atoms. The van der Waals surface area contributed by atoms with Crippen LogP contribution in [0.3, 0.4) is 0 Å². The lowest BCUT2D eigenvalue weighted by atomic mass is 10.1. The molecular weight excluding hydrogens is 303 g/mol. The van der Waals surface area contributed by atoms with Crippen molar-refractivity contribution >= 4 is 23.6 Å². The number of nitrogens with zero attached hydrogens (tertiary/aromatic N) is 2. The zero-order valence-electron chi connectivity index (χ0n) is 11.6. The lowest BCUT2D eigenvalue weighted by molar-refractivity contribution is -0.385. The normalized spacial score (nSPS) is 15.4. The van der Waals surface area contributed by atoms with Crippen LogP contribution in [0.25, 0.3) is 6.08 Å². The van der Waals surface area contributed by atoms with E-state index in [0.29, 0.717) is 0 Å². The summed E-state index contributed by atoms with van der Waals surface area (Å²) in [6.45, 7) is 0. The second-order valence-electron chi connectivity index (χ2n) is 4.63. The fourth-order valence-electron chi connectivity index (χ4n) is 2.08. The molecule has 0 amide bonds. The van der Waals surface area contributed by atoms with E-state index in [2.05, 4.69) is 4.99 Å². The van der Waals surface area contributed by atoms with Crippen molar-refractivity contribution in [2.24, 2.45) is 4.99 Å². The summed E-state index contributed by atoms with van der Waals surface area (Å²) >= 11 is 0. The van der Waals surface area contributed by atoms with Crippen molar-refractivity contribution in [3.63, 3.8) is 0 Å².